The zero-order valence-electron chi connectivity index (χ0n) is 21.2. The van der Waals surface area contributed by atoms with Crippen molar-refractivity contribution in [2.45, 2.75) is 98.9 Å². The van der Waals surface area contributed by atoms with Gasteiger partial charge < -0.3 is 9.15 Å². The largest absolute Gasteiger partial charge is 0.471 e. The molecule has 0 saturated heterocycles. The number of esters is 1. The molecule has 4 nitrogen and oxygen atoms in total. The van der Waals surface area contributed by atoms with Crippen molar-refractivity contribution < 1.29 is 18.7 Å². The summed E-state index contributed by atoms with van der Waals surface area (Å²) >= 11 is 0. The lowest BCUT2D eigenvalue weighted by Gasteiger charge is -2.41. The van der Waals surface area contributed by atoms with Gasteiger partial charge in [0.1, 0.15) is 19.9 Å². The van der Waals surface area contributed by atoms with Gasteiger partial charge in [-0.3, -0.25) is 9.59 Å². The lowest BCUT2D eigenvalue weighted by atomic mass is 9.68. The number of carbonyl (C=O) groups is 2. The van der Waals surface area contributed by atoms with E-state index >= 15 is 0 Å². The van der Waals surface area contributed by atoms with E-state index in [4.69, 9.17) is 9.15 Å². The van der Waals surface area contributed by atoms with Crippen molar-refractivity contribution in [2.24, 2.45) is 17.8 Å². The van der Waals surface area contributed by atoms with Gasteiger partial charge in [-0.15, -0.1) is 0 Å². The highest BCUT2D eigenvalue weighted by molar-refractivity contribution is 6.91. The minimum atomic E-state index is -1.78. The monoisotopic (exact) mass is 446 g/mol. The number of allylic oxidation sites excluding steroid dienone is 2. The first kappa shape index (κ1) is 25.6. The Morgan fingerprint density at radius 3 is 2.32 bits per heavy atom. The van der Waals surface area contributed by atoms with Gasteiger partial charge in [0.05, 0.1) is 5.38 Å². The maximum absolute atomic E-state index is 11.9. The number of hydrogen-bond donors (Lipinski definition) is 0. The van der Waals surface area contributed by atoms with Crippen LogP contribution in [-0.4, -0.2) is 25.9 Å². The predicted octanol–water partition coefficient (Wildman–Crippen LogP) is 5.98. The smallest absolute Gasteiger partial charge is 0.302 e. The van der Waals surface area contributed by atoms with Gasteiger partial charge in [-0.1, -0.05) is 46.4 Å². The van der Waals surface area contributed by atoms with Crippen LogP contribution in [-0.2, 0) is 20.7 Å². The molecule has 0 aromatic carbocycles. The van der Waals surface area contributed by atoms with Crippen LogP contribution in [0.4, 0.5) is 0 Å². The lowest BCUT2D eigenvalue weighted by molar-refractivity contribution is -0.153. The third-order valence-corrected chi connectivity index (χ3v) is 12.8. The zero-order chi connectivity index (χ0) is 23.7. The van der Waals surface area contributed by atoms with E-state index in [1.54, 1.807) is 13.0 Å². The number of hydrogen-bond acceptors (Lipinski definition) is 4. The molecule has 0 radical (unpaired) electrons. The average molecular weight is 447 g/mol. The number of rotatable bonds is 6. The van der Waals surface area contributed by atoms with Gasteiger partial charge in [0.2, 0.25) is 0 Å². The van der Waals surface area contributed by atoms with E-state index in [-0.39, 0.29) is 34.7 Å². The van der Waals surface area contributed by atoms with Crippen molar-refractivity contribution in [3.8, 4) is 0 Å². The Hall–Kier alpha value is -1.62. The molecule has 1 aliphatic carbocycles. The van der Waals surface area contributed by atoms with Crippen molar-refractivity contribution >= 4 is 25.2 Å². The van der Waals surface area contributed by atoms with E-state index in [0.717, 1.165) is 36.0 Å². The van der Waals surface area contributed by atoms with E-state index in [1.807, 2.05) is 6.92 Å². The van der Waals surface area contributed by atoms with Crippen LogP contribution in [0, 0.1) is 24.7 Å². The molecule has 0 spiro atoms. The molecule has 0 N–H and O–H groups in total. The third-order valence-electron chi connectivity index (χ3n) is 7.55. The highest BCUT2D eigenvalue weighted by atomic mass is 28.3. The van der Waals surface area contributed by atoms with Gasteiger partial charge >= 0.3 is 5.97 Å². The normalized spacial score (nSPS) is 25.4. The molecule has 2 rings (SSSR count). The number of ketones is 1. The van der Waals surface area contributed by atoms with E-state index in [9.17, 15) is 9.59 Å². The second kappa shape index (κ2) is 9.48. The first-order chi connectivity index (χ1) is 14.1. The first-order valence-electron chi connectivity index (χ1n) is 11.6. The van der Waals surface area contributed by atoms with E-state index in [1.165, 1.54) is 12.5 Å². The van der Waals surface area contributed by atoms with E-state index < -0.39 is 8.07 Å². The Bertz CT molecular complexity index is 840. The molecule has 1 aromatic rings. The lowest BCUT2D eigenvalue weighted by Crippen LogP contribution is -2.48. The maximum atomic E-state index is 11.9. The summed E-state index contributed by atoms with van der Waals surface area (Å²) < 4.78 is 12.3. The molecule has 0 bridgehead atoms. The molecule has 0 aliphatic heterocycles. The molecule has 1 saturated carbocycles. The topological polar surface area (TPSA) is 56.5 Å². The highest BCUT2D eigenvalue weighted by Gasteiger charge is 2.42. The van der Waals surface area contributed by atoms with Gasteiger partial charge in [-0.25, -0.2) is 0 Å². The Morgan fingerprint density at radius 1 is 1.19 bits per heavy atom. The molecule has 1 fully saturated rings. The van der Waals surface area contributed by atoms with Crippen LogP contribution in [0.1, 0.15) is 72.6 Å². The number of ether oxygens (including phenoxy) is 1. The fourth-order valence-corrected chi connectivity index (χ4v) is 6.42. The minimum Gasteiger partial charge on any atom is -0.471 e. The van der Waals surface area contributed by atoms with Crippen LogP contribution in [0.5, 0.6) is 0 Å². The molecular weight excluding hydrogens is 404 g/mol. The molecule has 1 heterocycles. The third kappa shape index (κ3) is 6.00. The summed E-state index contributed by atoms with van der Waals surface area (Å²) in [6.45, 7) is 21.0. The van der Waals surface area contributed by atoms with Gasteiger partial charge in [-0.05, 0) is 68.2 Å². The highest BCUT2D eigenvalue weighted by Crippen LogP contribution is 2.42. The van der Waals surface area contributed by atoms with Gasteiger partial charge in [0, 0.05) is 19.3 Å². The van der Waals surface area contributed by atoms with Crippen molar-refractivity contribution in [2.75, 3.05) is 0 Å². The average Bonchev–Trinajstić information content (AvgIpc) is 2.96. The molecule has 174 valence electrons. The second-order valence-corrected chi connectivity index (χ2v) is 16.5. The van der Waals surface area contributed by atoms with Crippen molar-refractivity contribution in [1.82, 2.24) is 0 Å². The SMILES string of the molecule is CC(=O)/C=C(\C)[C@@H]1C[C@@H](C)C[C@@H](OC(C)=O)[C@H]1Cc1oc([Si](C)(C)C(C)(C)C)cc1C. The quantitative estimate of drug-likeness (QED) is 0.307. The van der Waals surface area contributed by atoms with Crippen molar-refractivity contribution in [3.05, 3.63) is 29.0 Å². The number of carbonyl (C=O) groups excluding carboxylic acids is 2. The second-order valence-electron chi connectivity index (χ2n) is 11.3. The molecule has 0 unspecified atom stereocenters. The minimum absolute atomic E-state index is 0.0629. The summed E-state index contributed by atoms with van der Waals surface area (Å²) in [5.74, 6) is 1.55. The van der Waals surface area contributed by atoms with Crippen LogP contribution in [0.15, 0.2) is 22.1 Å². The van der Waals surface area contributed by atoms with Gasteiger partial charge in [-0.2, -0.15) is 0 Å². The van der Waals surface area contributed by atoms with E-state index in [2.05, 4.69) is 53.8 Å². The first-order valence-corrected chi connectivity index (χ1v) is 14.6. The summed E-state index contributed by atoms with van der Waals surface area (Å²) in [5, 5.41) is 1.33. The number of furan rings is 1. The molecular formula is C26H42O4Si. The standard InChI is InChI=1S/C26H42O4Si/c1-16-11-21(17(2)13-19(4)27)22(24(12-16)29-20(5)28)15-23-18(3)14-25(30-23)31(9,10)26(6,7)8/h13-14,16,21-22,24H,11-12,15H2,1-10H3/b17-13+/t16-,21+,22+,24-/m1/s1. The molecule has 1 aromatic heterocycles. The summed E-state index contributed by atoms with van der Waals surface area (Å²) in [6.07, 6.45) is 4.15. The van der Waals surface area contributed by atoms with Crippen LogP contribution in [0.3, 0.4) is 0 Å². The summed E-state index contributed by atoms with van der Waals surface area (Å²) in [7, 11) is -1.78. The summed E-state index contributed by atoms with van der Waals surface area (Å²) in [6, 6.07) is 2.23. The Morgan fingerprint density at radius 2 is 1.81 bits per heavy atom. The van der Waals surface area contributed by atoms with Crippen molar-refractivity contribution in [1.29, 1.82) is 0 Å². The number of aryl methyl sites for hydroxylation is 1. The summed E-state index contributed by atoms with van der Waals surface area (Å²) in [5.41, 5.74) is 2.25. The van der Waals surface area contributed by atoms with Crippen LogP contribution < -0.4 is 5.38 Å². The van der Waals surface area contributed by atoms with E-state index in [0.29, 0.717) is 5.92 Å². The Labute approximate surface area is 189 Å². The molecule has 5 heteroatoms. The maximum Gasteiger partial charge on any atom is 0.302 e. The molecule has 0 amide bonds. The zero-order valence-corrected chi connectivity index (χ0v) is 22.2. The molecule has 31 heavy (non-hydrogen) atoms. The Kier molecular flexibility index (Phi) is 7.84. The van der Waals surface area contributed by atoms with Crippen LogP contribution in [0.2, 0.25) is 18.1 Å². The fourth-order valence-electron chi connectivity index (χ4n) is 4.72. The molecule has 4 atom stereocenters. The Balaban J connectivity index is 2.45. The van der Waals surface area contributed by atoms with Crippen molar-refractivity contribution in [3.63, 3.8) is 0 Å². The summed E-state index contributed by atoms with van der Waals surface area (Å²) in [4.78, 5) is 23.7. The van der Waals surface area contributed by atoms with Gasteiger partial charge in [0.25, 0.3) is 0 Å². The van der Waals surface area contributed by atoms with Gasteiger partial charge in [0.15, 0.2) is 5.78 Å². The van der Waals surface area contributed by atoms with Crippen LogP contribution in [0.25, 0.3) is 0 Å². The molecule has 1 aliphatic rings. The van der Waals surface area contributed by atoms with Crippen LogP contribution >= 0.6 is 0 Å². The fraction of sp³-hybridized carbons (Fsp3) is 0.692. The predicted molar refractivity (Wildman–Crippen MR) is 129 cm³/mol.